The highest BCUT2D eigenvalue weighted by Crippen LogP contribution is 2.24. The summed E-state index contributed by atoms with van der Waals surface area (Å²) in [4.78, 5) is 15.0. The molecule has 1 aliphatic heterocycles. The first-order valence-electron chi connectivity index (χ1n) is 8.78. The number of nitrogens with zero attached hydrogens (tertiary/aromatic N) is 1. The highest BCUT2D eigenvalue weighted by molar-refractivity contribution is 5.95. The summed E-state index contributed by atoms with van der Waals surface area (Å²) >= 11 is 0. The second-order valence-corrected chi connectivity index (χ2v) is 6.59. The number of hydrogen-bond acceptors (Lipinski definition) is 3. The lowest BCUT2D eigenvalue weighted by molar-refractivity contribution is 0.0913. The second-order valence-electron chi connectivity index (χ2n) is 6.59. The molecule has 1 aliphatic rings. The Morgan fingerprint density at radius 3 is 2.67 bits per heavy atom. The van der Waals surface area contributed by atoms with Crippen LogP contribution in [0.3, 0.4) is 0 Å². The minimum absolute atomic E-state index is 0.00948. The lowest BCUT2D eigenvalue weighted by atomic mass is 10.0. The molecule has 2 aromatic rings. The average molecular weight is 326 g/mol. The SMILES string of the molecule is Cc1cccc(C(=O)NCC(c2ccco2)N2CCCCC2)c1C. The van der Waals surface area contributed by atoms with Crippen LogP contribution in [0.2, 0.25) is 0 Å². The fourth-order valence-corrected chi connectivity index (χ4v) is 3.40. The first kappa shape index (κ1) is 16.8. The van der Waals surface area contributed by atoms with Gasteiger partial charge in [0, 0.05) is 12.1 Å². The van der Waals surface area contributed by atoms with Crippen LogP contribution in [0.4, 0.5) is 0 Å². The minimum Gasteiger partial charge on any atom is -0.468 e. The zero-order chi connectivity index (χ0) is 16.9. The van der Waals surface area contributed by atoms with Crippen LogP contribution in [0.15, 0.2) is 41.0 Å². The monoisotopic (exact) mass is 326 g/mol. The molecule has 1 aromatic carbocycles. The highest BCUT2D eigenvalue weighted by Gasteiger charge is 2.25. The number of aryl methyl sites for hydroxylation is 1. The number of amides is 1. The van der Waals surface area contributed by atoms with E-state index >= 15 is 0 Å². The molecule has 0 radical (unpaired) electrons. The van der Waals surface area contributed by atoms with Crippen LogP contribution in [-0.4, -0.2) is 30.4 Å². The van der Waals surface area contributed by atoms with Crippen LogP contribution in [0.1, 0.15) is 52.5 Å². The predicted molar refractivity (Wildman–Crippen MR) is 95.1 cm³/mol. The van der Waals surface area contributed by atoms with Crippen LogP contribution in [0, 0.1) is 13.8 Å². The Morgan fingerprint density at radius 1 is 1.17 bits per heavy atom. The Balaban J connectivity index is 1.71. The van der Waals surface area contributed by atoms with Gasteiger partial charge in [-0.15, -0.1) is 0 Å². The van der Waals surface area contributed by atoms with E-state index < -0.39 is 0 Å². The van der Waals surface area contributed by atoms with Gasteiger partial charge in [-0.2, -0.15) is 0 Å². The van der Waals surface area contributed by atoms with E-state index in [1.807, 2.05) is 44.2 Å². The summed E-state index contributed by atoms with van der Waals surface area (Å²) in [5.74, 6) is 0.919. The van der Waals surface area contributed by atoms with Gasteiger partial charge in [0.15, 0.2) is 0 Å². The zero-order valence-electron chi connectivity index (χ0n) is 14.5. The summed E-state index contributed by atoms with van der Waals surface area (Å²) < 4.78 is 5.64. The van der Waals surface area contributed by atoms with E-state index in [1.165, 1.54) is 19.3 Å². The molecule has 1 N–H and O–H groups in total. The third-order valence-electron chi connectivity index (χ3n) is 5.01. The quantitative estimate of drug-likeness (QED) is 0.907. The van der Waals surface area contributed by atoms with Gasteiger partial charge >= 0.3 is 0 Å². The standard InChI is InChI=1S/C20H26N2O2/c1-15-8-6-9-17(16(15)2)20(23)21-14-18(19-10-7-13-24-19)22-11-4-3-5-12-22/h6-10,13,18H,3-5,11-12,14H2,1-2H3,(H,21,23). The maximum Gasteiger partial charge on any atom is 0.251 e. The molecule has 0 saturated carbocycles. The number of furan rings is 1. The van der Waals surface area contributed by atoms with Gasteiger partial charge in [0.25, 0.3) is 5.91 Å². The number of nitrogens with one attached hydrogen (secondary N) is 1. The topological polar surface area (TPSA) is 45.5 Å². The normalized spacial score (nSPS) is 16.8. The molecule has 24 heavy (non-hydrogen) atoms. The molecule has 0 spiro atoms. The van der Waals surface area contributed by atoms with E-state index in [0.717, 1.165) is 35.5 Å². The number of benzene rings is 1. The molecule has 128 valence electrons. The average Bonchev–Trinajstić information content (AvgIpc) is 3.12. The first-order valence-corrected chi connectivity index (χ1v) is 8.78. The molecule has 1 unspecified atom stereocenters. The van der Waals surface area contributed by atoms with Crippen molar-refractivity contribution < 1.29 is 9.21 Å². The summed E-state index contributed by atoms with van der Waals surface area (Å²) in [6.45, 7) is 6.72. The smallest absolute Gasteiger partial charge is 0.251 e. The Kier molecular flexibility index (Phi) is 5.36. The Hall–Kier alpha value is -2.07. The van der Waals surface area contributed by atoms with E-state index in [9.17, 15) is 4.79 Å². The summed E-state index contributed by atoms with van der Waals surface area (Å²) in [6.07, 6.45) is 5.42. The van der Waals surface area contributed by atoms with Crippen molar-refractivity contribution in [2.45, 2.75) is 39.2 Å². The van der Waals surface area contributed by atoms with Gasteiger partial charge in [0.05, 0.1) is 12.3 Å². The number of hydrogen-bond donors (Lipinski definition) is 1. The van der Waals surface area contributed by atoms with Crippen molar-refractivity contribution in [2.24, 2.45) is 0 Å². The second kappa shape index (κ2) is 7.67. The van der Waals surface area contributed by atoms with Gasteiger partial charge in [-0.3, -0.25) is 9.69 Å². The summed E-state index contributed by atoms with van der Waals surface area (Å²) in [6, 6.07) is 9.88. The third kappa shape index (κ3) is 3.70. The Labute approximate surface area is 143 Å². The van der Waals surface area contributed by atoms with Gasteiger partial charge < -0.3 is 9.73 Å². The summed E-state index contributed by atoms with van der Waals surface area (Å²) in [5, 5.41) is 3.11. The largest absolute Gasteiger partial charge is 0.468 e. The Bertz CT molecular complexity index is 673. The first-order chi connectivity index (χ1) is 11.7. The van der Waals surface area contributed by atoms with Crippen LogP contribution in [0.5, 0.6) is 0 Å². The number of rotatable bonds is 5. The number of likely N-dealkylation sites (tertiary alicyclic amines) is 1. The molecule has 1 amide bonds. The molecule has 1 fully saturated rings. The molecule has 4 nitrogen and oxygen atoms in total. The van der Waals surface area contributed by atoms with E-state index in [0.29, 0.717) is 6.54 Å². The number of piperidine rings is 1. The maximum atomic E-state index is 12.6. The van der Waals surface area contributed by atoms with Gasteiger partial charge in [-0.05, 0) is 69.1 Å². The molecular formula is C20H26N2O2. The van der Waals surface area contributed by atoms with Crippen molar-refractivity contribution in [3.05, 3.63) is 59.0 Å². The van der Waals surface area contributed by atoms with E-state index in [-0.39, 0.29) is 11.9 Å². The van der Waals surface area contributed by atoms with Crippen LogP contribution in [0.25, 0.3) is 0 Å². The molecule has 2 heterocycles. The lowest BCUT2D eigenvalue weighted by Gasteiger charge is -2.33. The van der Waals surface area contributed by atoms with Crippen molar-refractivity contribution in [1.29, 1.82) is 0 Å². The molecule has 1 atom stereocenters. The van der Waals surface area contributed by atoms with Crippen molar-refractivity contribution in [3.8, 4) is 0 Å². The zero-order valence-corrected chi connectivity index (χ0v) is 14.5. The Morgan fingerprint density at radius 2 is 1.96 bits per heavy atom. The molecule has 4 heteroatoms. The van der Waals surface area contributed by atoms with E-state index in [2.05, 4.69) is 10.2 Å². The highest BCUT2D eigenvalue weighted by atomic mass is 16.3. The predicted octanol–water partition coefficient (Wildman–Crippen LogP) is 3.85. The molecule has 0 bridgehead atoms. The van der Waals surface area contributed by atoms with Crippen LogP contribution < -0.4 is 5.32 Å². The van der Waals surface area contributed by atoms with Crippen molar-refractivity contribution in [2.75, 3.05) is 19.6 Å². The molecule has 3 rings (SSSR count). The fourth-order valence-electron chi connectivity index (χ4n) is 3.40. The van der Waals surface area contributed by atoms with Crippen molar-refractivity contribution >= 4 is 5.91 Å². The molecule has 0 aliphatic carbocycles. The molecule has 1 saturated heterocycles. The van der Waals surface area contributed by atoms with Gasteiger partial charge in [0.2, 0.25) is 0 Å². The minimum atomic E-state index is -0.00948. The molecular weight excluding hydrogens is 300 g/mol. The van der Waals surface area contributed by atoms with E-state index in [1.54, 1.807) is 6.26 Å². The number of carbonyl (C=O) groups excluding carboxylic acids is 1. The van der Waals surface area contributed by atoms with Gasteiger partial charge in [-0.1, -0.05) is 18.6 Å². The fraction of sp³-hybridized carbons (Fsp3) is 0.450. The van der Waals surface area contributed by atoms with Gasteiger partial charge in [0.1, 0.15) is 5.76 Å². The van der Waals surface area contributed by atoms with E-state index in [4.69, 9.17) is 4.42 Å². The molecule has 1 aromatic heterocycles. The number of carbonyl (C=O) groups is 1. The van der Waals surface area contributed by atoms with Crippen molar-refractivity contribution in [3.63, 3.8) is 0 Å². The van der Waals surface area contributed by atoms with Crippen LogP contribution in [-0.2, 0) is 0 Å². The third-order valence-corrected chi connectivity index (χ3v) is 5.01. The van der Waals surface area contributed by atoms with Gasteiger partial charge in [-0.25, -0.2) is 0 Å². The summed E-state index contributed by atoms with van der Waals surface area (Å²) in [5.41, 5.74) is 2.94. The maximum absolute atomic E-state index is 12.6. The summed E-state index contributed by atoms with van der Waals surface area (Å²) in [7, 11) is 0. The van der Waals surface area contributed by atoms with Crippen molar-refractivity contribution in [1.82, 2.24) is 10.2 Å². The lowest BCUT2D eigenvalue weighted by Crippen LogP contribution is -2.40. The van der Waals surface area contributed by atoms with Crippen LogP contribution >= 0.6 is 0 Å².